The van der Waals surface area contributed by atoms with E-state index >= 15 is 0 Å². The van der Waals surface area contributed by atoms with Crippen molar-refractivity contribution in [3.05, 3.63) is 137 Å². The number of hydrogen-bond acceptors (Lipinski definition) is 4. The Kier molecular flexibility index (Phi) is 6.44. The van der Waals surface area contributed by atoms with Crippen LogP contribution in [-0.2, 0) is 16.1 Å². The van der Waals surface area contributed by atoms with E-state index in [1.165, 1.54) is 0 Å². The first-order valence-electron chi connectivity index (χ1n) is 11.4. The Morgan fingerprint density at radius 1 is 0.714 bits per heavy atom. The highest BCUT2D eigenvalue weighted by atomic mass is 16.5. The summed E-state index contributed by atoms with van der Waals surface area (Å²) in [5, 5.41) is 0. The first-order valence-corrected chi connectivity index (χ1v) is 11.4. The fraction of sp³-hybridized carbons (Fsp3) is 0.0645. The van der Waals surface area contributed by atoms with Gasteiger partial charge in [0.15, 0.2) is 11.5 Å². The zero-order valence-corrected chi connectivity index (χ0v) is 19.3. The average molecular weight is 461 g/mol. The van der Waals surface area contributed by atoms with Crippen molar-refractivity contribution in [3.63, 3.8) is 0 Å². The topological polar surface area (TPSA) is 44.8 Å². The van der Waals surface area contributed by atoms with Gasteiger partial charge in [0, 0.05) is 5.57 Å². The number of cyclic esters (lactones) is 1. The summed E-state index contributed by atoms with van der Waals surface area (Å²) in [7, 11) is 1.62. The van der Waals surface area contributed by atoms with E-state index in [2.05, 4.69) is 0 Å². The summed E-state index contributed by atoms with van der Waals surface area (Å²) in [6.07, 6.45) is 1.87. The second-order valence-corrected chi connectivity index (χ2v) is 8.06. The van der Waals surface area contributed by atoms with E-state index in [0.717, 1.165) is 27.8 Å². The lowest BCUT2D eigenvalue weighted by molar-refractivity contribution is -0.131. The molecule has 0 saturated carbocycles. The van der Waals surface area contributed by atoms with Crippen LogP contribution in [0.5, 0.6) is 11.5 Å². The van der Waals surface area contributed by atoms with E-state index in [1.54, 1.807) is 7.11 Å². The standard InChI is InChI=1S/C31H24O4/c1-33-26-18-17-23(19-27(26)34-21-22-11-5-2-6-12-22)20-28-29(24-13-7-3-8-14-24)30(31(32)35-28)25-15-9-4-10-16-25/h2-20H,21H2,1H3. The summed E-state index contributed by atoms with van der Waals surface area (Å²) >= 11 is 0. The number of esters is 1. The van der Waals surface area contributed by atoms with Crippen molar-refractivity contribution in [2.24, 2.45) is 0 Å². The third-order valence-corrected chi connectivity index (χ3v) is 5.75. The minimum absolute atomic E-state index is 0.365. The van der Waals surface area contributed by atoms with E-state index in [9.17, 15) is 4.79 Å². The zero-order chi connectivity index (χ0) is 24.0. The molecule has 0 unspecified atom stereocenters. The summed E-state index contributed by atoms with van der Waals surface area (Å²) in [6.45, 7) is 0.416. The van der Waals surface area contributed by atoms with Crippen LogP contribution in [0.25, 0.3) is 17.2 Å². The maximum Gasteiger partial charge on any atom is 0.344 e. The van der Waals surface area contributed by atoms with Crippen molar-refractivity contribution in [1.29, 1.82) is 0 Å². The van der Waals surface area contributed by atoms with Gasteiger partial charge in [-0.25, -0.2) is 4.79 Å². The van der Waals surface area contributed by atoms with Gasteiger partial charge in [-0.15, -0.1) is 0 Å². The molecule has 1 heterocycles. The quantitative estimate of drug-likeness (QED) is 0.285. The van der Waals surface area contributed by atoms with Crippen LogP contribution >= 0.6 is 0 Å². The predicted octanol–water partition coefficient (Wildman–Crippen LogP) is 6.78. The molecule has 0 fully saturated rings. The van der Waals surface area contributed by atoms with Crippen molar-refractivity contribution in [1.82, 2.24) is 0 Å². The van der Waals surface area contributed by atoms with Crippen molar-refractivity contribution in [3.8, 4) is 11.5 Å². The van der Waals surface area contributed by atoms with Crippen LogP contribution in [-0.4, -0.2) is 13.1 Å². The Morgan fingerprint density at radius 3 is 1.94 bits per heavy atom. The monoisotopic (exact) mass is 460 g/mol. The van der Waals surface area contributed by atoms with Crippen LogP contribution in [0.2, 0.25) is 0 Å². The molecule has 4 aromatic rings. The molecular weight excluding hydrogens is 436 g/mol. The van der Waals surface area contributed by atoms with Crippen LogP contribution in [0.4, 0.5) is 0 Å². The van der Waals surface area contributed by atoms with Crippen molar-refractivity contribution in [2.45, 2.75) is 6.61 Å². The molecule has 0 N–H and O–H groups in total. The third-order valence-electron chi connectivity index (χ3n) is 5.75. The summed E-state index contributed by atoms with van der Waals surface area (Å²) in [5.74, 6) is 1.38. The van der Waals surface area contributed by atoms with Crippen molar-refractivity contribution < 1.29 is 19.0 Å². The van der Waals surface area contributed by atoms with Gasteiger partial charge < -0.3 is 14.2 Å². The molecule has 0 radical (unpaired) electrons. The normalized spacial score (nSPS) is 14.2. The molecule has 0 atom stereocenters. The van der Waals surface area contributed by atoms with Gasteiger partial charge in [-0.2, -0.15) is 0 Å². The van der Waals surface area contributed by atoms with Crippen LogP contribution in [0, 0.1) is 0 Å². The van der Waals surface area contributed by atoms with E-state index < -0.39 is 0 Å². The van der Waals surface area contributed by atoms with Crippen LogP contribution in [0.3, 0.4) is 0 Å². The number of rotatable bonds is 7. The maximum atomic E-state index is 13.0. The number of allylic oxidation sites excluding steroid dienone is 1. The summed E-state index contributed by atoms with van der Waals surface area (Å²) in [5.41, 5.74) is 4.95. The Bertz CT molecular complexity index is 1390. The minimum atomic E-state index is -0.365. The van der Waals surface area contributed by atoms with Gasteiger partial charge in [0.05, 0.1) is 12.7 Å². The fourth-order valence-corrected chi connectivity index (χ4v) is 4.07. The first kappa shape index (κ1) is 22.2. The molecule has 4 nitrogen and oxygen atoms in total. The molecule has 4 heteroatoms. The smallest absolute Gasteiger partial charge is 0.344 e. The molecule has 5 rings (SSSR count). The van der Waals surface area contributed by atoms with Gasteiger partial charge in [-0.3, -0.25) is 0 Å². The molecule has 0 amide bonds. The zero-order valence-electron chi connectivity index (χ0n) is 19.3. The second-order valence-electron chi connectivity index (χ2n) is 8.06. The lowest BCUT2D eigenvalue weighted by Crippen LogP contribution is -1.98. The molecule has 0 aromatic heterocycles. The molecule has 0 aliphatic carbocycles. The number of carbonyl (C=O) groups excluding carboxylic acids is 1. The molecule has 1 aliphatic rings. The molecule has 0 spiro atoms. The highest BCUT2D eigenvalue weighted by molar-refractivity contribution is 6.30. The SMILES string of the molecule is COc1ccc(C=C2OC(=O)C(c3ccccc3)=C2c2ccccc2)cc1OCc1ccccc1. The van der Waals surface area contributed by atoms with Gasteiger partial charge >= 0.3 is 5.97 Å². The maximum absolute atomic E-state index is 13.0. The van der Waals surface area contributed by atoms with Gasteiger partial charge in [0.2, 0.25) is 0 Å². The Morgan fingerprint density at radius 2 is 1.31 bits per heavy atom. The van der Waals surface area contributed by atoms with Crippen LogP contribution in [0.15, 0.2) is 115 Å². The largest absolute Gasteiger partial charge is 0.493 e. The molecule has 0 bridgehead atoms. The highest BCUT2D eigenvalue weighted by Gasteiger charge is 2.31. The van der Waals surface area contributed by atoms with E-state index in [4.69, 9.17) is 14.2 Å². The number of methoxy groups -OCH3 is 1. The van der Waals surface area contributed by atoms with E-state index in [1.807, 2.05) is 115 Å². The molecule has 0 saturated heterocycles. The van der Waals surface area contributed by atoms with Crippen molar-refractivity contribution >= 4 is 23.2 Å². The molecule has 1 aliphatic heterocycles. The van der Waals surface area contributed by atoms with Crippen LogP contribution < -0.4 is 9.47 Å². The van der Waals surface area contributed by atoms with Gasteiger partial charge in [-0.05, 0) is 40.5 Å². The number of carbonyl (C=O) groups is 1. The van der Waals surface area contributed by atoms with E-state index in [-0.39, 0.29) is 5.97 Å². The average Bonchev–Trinajstić information content (AvgIpc) is 3.24. The lowest BCUT2D eigenvalue weighted by Gasteiger charge is -2.12. The van der Waals surface area contributed by atoms with Crippen molar-refractivity contribution in [2.75, 3.05) is 7.11 Å². The number of benzene rings is 4. The van der Waals surface area contributed by atoms with E-state index in [0.29, 0.717) is 29.4 Å². The van der Waals surface area contributed by atoms with Gasteiger partial charge in [-0.1, -0.05) is 97.1 Å². The van der Waals surface area contributed by atoms with Gasteiger partial charge in [0.25, 0.3) is 0 Å². The Labute approximate surface area is 204 Å². The highest BCUT2D eigenvalue weighted by Crippen LogP contribution is 2.41. The molecular formula is C31H24O4. The summed E-state index contributed by atoms with van der Waals surface area (Å²) < 4.78 is 17.4. The summed E-state index contributed by atoms with van der Waals surface area (Å²) in [4.78, 5) is 13.0. The Hall–Kier alpha value is -4.57. The fourth-order valence-electron chi connectivity index (χ4n) is 4.07. The first-order chi connectivity index (χ1) is 17.2. The molecule has 4 aromatic carbocycles. The molecule has 35 heavy (non-hydrogen) atoms. The Balaban J connectivity index is 1.55. The lowest BCUT2D eigenvalue weighted by atomic mass is 9.94. The predicted molar refractivity (Wildman–Crippen MR) is 138 cm³/mol. The third kappa shape index (κ3) is 4.87. The number of hydrogen-bond donors (Lipinski definition) is 0. The second kappa shape index (κ2) is 10.1. The number of ether oxygens (including phenoxy) is 3. The minimum Gasteiger partial charge on any atom is -0.493 e. The van der Waals surface area contributed by atoms with Crippen LogP contribution in [0.1, 0.15) is 22.3 Å². The summed E-state index contributed by atoms with van der Waals surface area (Å²) in [6, 6.07) is 35.0. The van der Waals surface area contributed by atoms with Gasteiger partial charge in [0.1, 0.15) is 12.4 Å². The molecule has 172 valence electrons.